The van der Waals surface area contributed by atoms with E-state index in [0.717, 1.165) is 43.1 Å². The fourth-order valence-corrected chi connectivity index (χ4v) is 3.85. The number of ether oxygens (including phenoxy) is 2. The molecule has 1 aromatic heterocycles. The molecule has 29 heavy (non-hydrogen) atoms. The largest absolute Gasteiger partial charge is 0.496 e. The molecule has 7 heteroatoms. The molecule has 0 saturated carbocycles. The zero-order valence-electron chi connectivity index (χ0n) is 17.9. The average molecular weight is 420 g/mol. The molecule has 1 aliphatic rings. The van der Waals surface area contributed by atoms with Gasteiger partial charge in [0.25, 0.3) is 0 Å². The molecule has 1 aliphatic heterocycles. The summed E-state index contributed by atoms with van der Waals surface area (Å²) in [4.78, 5) is 22.6. The maximum atomic E-state index is 11.8. The molecule has 1 aromatic carbocycles. The van der Waals surface area contributed by atoms with Gasteiger partial charge in [0.1, 0.15) is 11.6 Å². The summed E-state index contributed by atoms with van der Waals surface area (Å²) in [6, 6.07) is 8.17. The number of anilines is 1. The fourth-order valence-electron chi connectivity index (χ4n) is 3.64. The minimum Gasteiger partial charge on any atom is -0.496 e. The van der Waals surface area contributed by atoms with Gasteiger partial charge in [-0.1, -0.05) is 32.0 Å². The fraction of sp³-hybridized carbons (Fsp3) is 0.500. The van der Waals surface area contributed by atoms with Crippen LogP contribution < -0.4 is 9.64 Å². The molecule has 0 aliphatic carbocycles. The summed E-state index contributed by atoms with van der Waals surface area (Å²) in [7, 11) is 3.09. The van der Waals surface area contributed by atoms with Gasteiger partial charge in [0.2, 0.25) is 5.28 Å². The van der Waals surface area contributed by atoms with E-state index in [1.807, 2.05) is 39.0 Å². The van der Waals surface area contributed by atoms with Crippen molar-refractivity contribution in [3.05, 3.63) is 46.4 Å². The molecule has 0 spiro atoms. The van der Waals surface area contributed by atoms with E-state index >= 15 is 0 Å². The van der Waals surface area contributed by atoms with Crippen molar-refractivity contribution in [1.82, 2.24) is 9.97 Å². The van der Waals surface area contributed by atoms with E-state index in [4.69, 9.17) is 21.1 Å². The number of nitrogens with zero attached hydrogens (tertiary/aromatic N) is 3. The zero-order chi connectivity index (χ0) is 21.4. The molecule has 2 heterocycles. The molecule has 0 N–H and O–H groups in total. The highest BCUT2D eigenvalue weighted by molar-refractivity contribution is 6.28. The summed E-state index contributed by atoms with van der Waals surface area (Å²) in [5.74, 6) is 1.79. The van der Waals surface area contributed by atoms with Crippen LogP contribution in [0.1, 0.15) is 49.4 Å². The molecule has 1 fully saturated rings. The van der Waals surface area contributed by atoms with Gasteiger partial charge in [0, 0.05) is 24.3 Å². The van der Waals surface area contributed by atoms with Crippen molar-refractivity contribution in [1.29, 1.82) is 0 Å². The van der Waals surface area contributed by atoms with Gasteiger partial charge in [0.15, 0.2) is 0 Å². The molecule has 158 valence electrons. The van der Waals surface area contributed by atoms with Crippen LogP contribution in [0.5, 0.6) is 5.75 Å². The third-order valence-electron chi connectivity index (χ3n) is 5.09. The predicted molar refractivity (Wildman–Crippen MR) is 116 cm³/mol. The number of aryl methyl sites for hydroxylation is 1. The number of hydrogen-bond acceptors (Lipinski definition) is 6. The van der Waals surface area contributed by atoms with Crippen molar-refractivity contribution in [2.24, 2.45) is 0 Å². The van der Waals surface area contributed by atoms with Crippen molar-refractivity contribution in [2.45, 2.75) is 46.0 Å². The normalized spacial score (nSPS) is 14.1. The van der Waals surface area contributed by atoms with Gasteiger partial charge in [-0.25, -0.2) is 9.97 Å². The first-order chi connectivity index (χ1) is 14.0. The average Bonchev–Trinajstić information content (AvgIpc) is 2.76. The van der Waals surface area contributed by atoms with Gasteiger partial charge in [-0.15, -0.1) is 0 Å². The first kappa shape index (κ1) is 22.9. The molecule has 3 rings (SSSR count). The number of rotatable bonds is 5. The molecular weight excluding hydrogens is 390 g/mol. The highest BCUT2D eigenvalue weighted by Crippen LogP contribution is 2.36. The number of benzene rings is 1. The monoisotopic (exact) mass is 419 g/mol. The number of carbonyl (C=O) groups is 1. The molecular formula is C22H30ClN3O3. The van der Waals surface area contributed by atoms with E-state index in [-0.39, 0.29) is 17.7 Å². The van der Waals surface area contributed by atoms with Gasteiger partial charge in [-0.05, 0) is 48.9 Å². The van der Waals surface area contributed by atoms with Crippen molar-refractivity contribution in [3.63, 3.8) is 0 Å². The Labute approximate surface area is 178 Å². The standard InChI is InChI=1S/C20H24ClN3O3.C2H6/c1-13-16(12-18(25)27-3)19(23-20(21)22-13)24-10-8-14(9-11-24)15-6-4-5-7-17(15)26-2;1-2/h4-7,14H,8-12H2,1-3H3;1-2H3. The quantitative estimate of drug-likeness (QED) is 0.522. The lowest BCUT2D eigenvalue weighted by atomic mass is 9.88. The van der Waals surface area contributed by atoms with Gasteiger partial charge in [0.05, 0.1) is 20.6 Å². The molecule has 0 bridgehead atoms. The van der Waals surface area contributed by atoms with Gasteiger partial charge in [-0.3, -0.25) is 4.79 Å². The number of piperidine rings is 1. The van der Waals surface area contributed by atoms with E-state index in [9.17, 15) is 4.79 Å². The second-order valence-electron chi connectivity index (χ2n) is 6.64. The highest BCUT2D eigenvalue weighted by atomic mass is 35.5. The summed E-state index contributed by atoms with van der Waals surface area (Å²) in [6.45, 7) is 7.49. The summed E-state index contributed by atoms with van der Waals surface area (Å²) in [6.07, 6.45) is 2.08. The third-order valence-corrected chi connectivity index (χ3v) is 5.26. The smallest absolute Gasteiger partial charge is 0.310 e. The number of methoxy groups -OCH3 is 2. The van der Waals surface area contributed by atoms with Crippen molar-refractivity contribution < 1.29 is 14.3 Å². The van der Waals surface area contributed by atoms with Crippen LogP contribution in [-0.4, -0.2) is 43.2 Å². The van der Waals surface area contributed by atoms with E-state index in [2.05, 4.69) is 20.9 Å². The Morgan fingerprint density at radius 2 is 1.83 bits per heavy atom. The highest BCUT2D eigenvalue weighted by Gasteiger charge is 2.26. The zero-order valence-corrected chi connectivity index (χ0v) is 18.6. The number of carbonyl (C=O) groups excluding carboxylic acids is 1. The van der Waals surface area contributed by atoms with Crippen LogP contribution in [0.4, 0.5) is 5.82 Å². The summed E-state index contributed by atoms with van der Waals surface area (Å²) in [5.41, 5.74) is 2.73. The van der Waals surface area contributed by atoms with Gasteiger partial charge >= 0.3 is 5.97 Å². The van der Waals surface area contributed by atoms with Gasteiger partial charge in [-0.2, -0.15) is 0 Å². The minimum absolute atomic E-state index is 0.140. The summed E-state index contributed by atoms with van der Waals surface area (Å²) in [5, 5.41) is 0.197. The lowest BCUT2D eigenvalue weighted by Crippen LogP contribution is -2.35. The number of para-hydroxylation sites is 1. The Hall–Kier alpha value is -2.34. The topological polar surface area (TPSA) is 64.5 Å². The van der Waals surface area contributed by atoms with E-state index in [1.165, 1.54) is 12.7 Å². The maximum Gasteiger partial charge on any atom is 0.310 e. The molecule has 6 nitrogen and oxygen atoms in total. The summed E-state index contributed by atoms with van der Waals surface area (Å²) >= 11 is 6.09. The van der Waals surface area contributed by atoms with E-state index in [0.29, 0.717) is 11.6 Å². The second-order valence-corrected chi connectivity index (χ2v) is 6.97. The van der Waals surface area contributed by atoms with Crippen LogP contribution in [0, 0.1) is 6.92 Å². The molecule has 0 amide bonds. The molecule has 0 atom stereocenters. The van der Waals surface area contributed by atoms with Crippen molar-refractivity contribution in [2.75, 3.05) is 32.2 Å². The van der Waals surface area contributed by atoms with Crippen LogP contribution in [0.3, 0.4) is 0 Å². The lowest BCUT2D eigenvalue weighted by molar-refractivity contribution is -0.139. The maximum absolute atomic E-state index is 11.8. The third kappa shape index (κ3) is 5.60. The Balaban J connectivity index is 0.00000145. The summed E-state index contributed by atoms with van der Waals surface area (Å²) < 4.78 is 10.3. The van der Waals surface area contributed by atoms with Crippen LogP contribution in [0.2, 0.25) is 5.28 Å². The molecule has 0 unspecified atom stereocenters. The second kappa shape index (κ2) is 11.0. The van der Waals surface area contributed by atoms with Crippen LogP contribution in [0.15, 0.2) is 24.3 Å². The Morgan fingerprint density at radius 3 is 2.45 bits per heavy atom. The van der Waals surface area contributed by atoms with Gasteiger partial charge < -0.3 is 14.4 Å². The predicted octanol–water partition coefficient (Wildman–Crippen LogP) is 4.57. The molecule has 1 saturated heterocycles. The van der Waals surface area contributed by atoms with E-state index in [1.54, 1.807) is 7.11 Å². The Bertz CT molecular complexity index is 821. The SMILES string of the molecule is CC.COC(=O)Cc1c(C)nc(Cl)nc1N1CCC(c2ccccc2OC)CC1. The van der Waals surface area contributed by atoms with Crippen LogP contribution in [-0.2, 0) is 16.0 Å². The first-order valence-corrected chi connectivity index (χ1v) is 10.4. The number of esters is 1. The Morgan fingerprint density at radius 1 is 1.17 bits per heavy atom. The lowest BCUT2D eigenvalue weighted by Gasteiger charge is -2.34. The van der Waals surface area contributed by atoms with Crippen molar-refractivity contribution in [3.8, 4) is 5.75 Å². The number of aromatic nitrogens is 2. The number of hydrogen-bond donors (Lipinski definition) is 0. The minimum atomic E-state index is -0.311. The van der Waals surface area contributed by atoms with E-state index < -0.39 is 0 Å². The van der Waals surface area contributed by atoms with Crippen molar-refractivity contribution >= 4 is 23.4 Å². The van der Waals surface area contributed by atoms with Crippen LogP contribution in [0.25, 0.3) is 0 Å². The van der Waals surface area contributed by atoms with Crippen LogP contribution >= 0.6 is 11.6 Å². The molecule has 0 radical (unpaired) electrons. The first-order valence-electron chi connectivity index (χ1n) is 10.0. The Kier molecular flexibility index (Phi) is 8.70. The molecule has 2 aromatic rings. The number of halogens is 1.